The monoisotopic (exact) mass is 295 g/mol. The van der Waals surface area contributed by atoms with Gasteiger partial charge in [0.05, 0.1) is 11.6 Å². The third kappa shape index (κ3) is 3.32. The molecule has 0 aliphatic heterocycles. The molecule has 5 nitrogen and oxygen atoms in total. The molecule has 1 aromatic rings. The van der Waals surface area contributed by atoms with E-state index in [-0.39, 0.29) is 5.56 Å². The number of carboxylic acid groups (broad SMARTS) is 1. The summed E-state index contributed by atoms with van der Waals surface area (Å²) in [7, 11) is 0. The minimum atomic E-state index is -1.14. The zero-order chi connectivity index (χ0) is 15.8. The quantitative estimate of drug-likeness (QED) is 0.879. The number of ether oxygens (including phenoxy) is 1. The Labute approximate surface area is 122 Å². The van der Waals surface area contributed by atoms with Crippen LogP contribution in [-0.2, 0) is 11.2 Å². The Morgan fingerprint density at radius 1 is 1.38 bits per heavy atom. The number of amides is 1. The number of nitrogens with one attached hydrogen (secondary N) is 1. The van der Waals surface area contributed by atoms with Crippen molar-refractivity contribution in [2.24, 2.45) is 0 Å². The Morgan fingerprint density at radius 3 is 2.62 bits per heavy atom. The first kappa shape index (κ1) is 15.3. The van der Waals surface area contributed by atoms with Gasteiger partial charge in [-0.25, -0.2) is 14.0 Å². The molecule has 1 aromatic carbocycles. The minimum absolute atomic E-state index is 0.0185. The van der Waals surface area contributed by atoms with Crippen molar-refractivity contribution in [3.63, 3.8) is 0 Å². The van der Waals surface area contributed by atoms with Crippen LogP contribution in [0.2, 0.25) is 0 Å². The normalized spacial score (nSPS) is 17.2. The molecule has 1 aliphatic rings. The standard InChI is InChI=1S/C15H18FNO4/c1-15(2,3)21-14(20)17-11-7-5-8-10(16)6-4-9(12(8)11)13(18)19/h4,6,11H,5,7H2,1-3H3,(H,17,20)(H,18,19)/t11-/m1/s1. The van der Waals surface area contributed by atoms with Crippen LogP contribution in [0.5, 0.6) is 0 Å². The summed E-state index contributed by atoms with van der Waals surface area (Å²) in [5, 5.41) is 11.8. The molecule has 0 fully saturated rings. The van der Waals surface area contributed by atoms with Crippen molar-refractivity contribution in [1.29, 1.82) is 0 Å². The largest absolute Gasteiger partial charge is 0.478 e. The maximum Gasteiger partial charge on any atom is 0.408 e. The van der Waals surface area contributed by atoms with E-state index in [2.05, 4.69) is 5.32 Å². The molecule has 0 bridgehead atoms. The number of benzene rings is 1. The highest BCUT2D eigenvalue weighted by Crippen LogP contribution is 2.35. The first-order chi connectivity index (χ1) is 9.69. The topological polar surface area (TPSA) is 75.6 Å². The molecule has 1 amide bonds. The molecule has 2 N–H and O–H groups in total. The van der Waals surface area contributed by atoms with Gasteiger partial charge in [-0.05, 0) is 56.9 Å². The lowest BCUT2D eigenvalue weighted by molar-refractivity contribution is 0.0500. The van der Waals surface area contributed by atoms with Gasteiger partial charge in [0.1, 0.15) is 11.4 Å². The van der Waals surface area contributed by atoms with Crippen LogP contribution in [0.1, 0.15) is 54.7 Å². The van der Waals surface area contributed by atoms with Crippen LogP contribution in [-0.4, -0.2) is 22.8 Å². The number of aromatic carboxylic acids is 1. The number of hydrogen-bond donors (Lipinski definition) is 2. The first-order valence-electron chi connectivity index (χ1n) is 6.73. The zero-order valence-electron chi connectivity index (χ0n) is 12.2. The van der Waals surface area contributed by atoms with Crippen LogP contribution in [0.15, 0.2) is 12.1 Å². The van der Waals surface area contributed by atoms with Crippen molar-refractivity contribution in [2.75, 3.05) is 0 Å². The molecule has 0 aromatic heterocycles. The van der Waals surface area contributed by atoms with Gasteiger partial charge in [0, 0.05) is 0 Å². The van der Waals surface area contributed by atoms with Crippen molar-refractivity contribution in [2.45, 2.75) is 45.3 Å². The number of carbonyl (C=O) groups excluding carboxylic acids is 1. The maximum absolute atomic E-state index is 13.8. The lowest BCUT2D eigenvalue weighted by atomic mass is 10.0. The summed E-state index contributed by atoms with van der Waals surface area (Å²) in [5.74, 6) is -1.58. The molecule has 0 spiro atoms. The molecular formula is C15H18FNO4. The minimum Gasteiger partial charge on any atom is -0.478 e. The van der Waals surface area contributed by atoms with Crippen molar-refractivity contribution >= 4 is 12.1 Å². The van der Waals surface area contributed by atoms with E-state index in [1.54, 1.807) is 20.8 Å². The summed E-state index contributed by atoms with van der Waals surface area (Å²) in [6.45, 7) is 5.20. The lowest BCUT2D eigenvalue weighted by Crippen LogP contribution is -2.34. The lowest BCUT2D eigenvalue weighted by Gasteiger charge is -2.22. The second-order valence-corrected chi connectivity index (χ2v) is 6.03. The number of hydrogen-bond acceptors (Lipinski definition) is 3. The van der Waals surface area contributed by atoms with Crippen LogP contribution >= 0.6 is 0 Å². The van der Waals surface area contributed by atoms with Crippen LogP contribution < -0.4 is 5.32 Å². The molecule has 1 atom stereocenters. The van der Waals surface area contributed by atoms with E-state index in [1.807, 2.05) is 0 Å². The van der Waals surface area contributed by atoms with Gasteiger partial charge < -0.3 is 15.2 Å². The van der Waals surface area contributed by atoms with E-state index in [0.717, 1.165) is 6.07 Å². The fourth-order valence-electron chi connectivity index (χ4n) is 2.50. The number of fused-ring (bicyclic) bond motifs is 1. The maximum atomic E-state index is 13.8. The van der Waals surface area contributed by atoms with Gasteiger partial charge in [-0.3, -0.25) is 0 Å². The fraction of sp³-hybridized carbons (Fsp3) is 0.467. The molecule has 114 valence electrons. The second-order valence-electron chi connectivity index (χ2n) is 6.03. The van der Waals surface area contributed by atoms with E-state index in [1.165, 1.54) is 6.07 Å². The summed E-state index contributed by atoms with van der Waals surface area (Å²) < 4.78 is 18.9. The number of rotatable bonds is 2. The molecule has 2 rings (SSSR count). The number of halogens is 1. The van der Waals surface area contributed by atoms with Crippen molar-refractivity contribution in [3.8, 4) is 0 Å². The van der Waals surface area contributed by atoms with Gasteiger partial charge in [-0.2, -0.15) is 0 Å². The smallest absolute Gasteiger partial charge is 0.408 e. The molecular weight excluding hydrogens is 277 g/mol. The Bertz CT molecular complexity index is 592. The summed E-state index contributed by atoms with van der Waals surface area (Å²) >= 11 is 0. The molecule has 21 heavy (non-hydrogen) atoms. The highest BCUT2D eigenvalue weighted by molar-refractivity contribution is 5.90. The average Bonchev–Trinajstić information content (AvgIpc) is 2.71. The van der Waals surface area contributed by atoms with E-state index in [9.17, 15) is 19.1 Å². The molecule has 0 unspecified atom stereocenters. The number of carboxylic acids is 1. The van der Waals surface area contributed by atoms with Gasteiger partial charge in [0.2, 0.25) is 0 Å². The molecule has 1 aliphatic carbocycles. The van der Waals surface area contributed by atoms with Gasteiger partial charge in [-0.15, -0.1) is 0 Å². The van der Waals surface area contributed by atoms with Crippen LogP contribution in [0, 0.1) is 5.82 Å². The molecule has 0 heterocycles. The van der Waals surface area contributed by atoms with Crippen molar-refractivity contribution < 1.29 is 23.8 Å². The van der Waals surface area contributed by atoms with Crippen molar-refractivity contribution in [3.05, 3.63) is 34.6 Å². The van der Waals surface area contributed by atoms with Crippen LogP contribution in [0.4, 0.5) is 9.18 Å². The SMILES string of the molecule is CC(C)(C)OC(=O)N[C@@H]1CCc2c(F)ccc(C(=O)O)c21. The first-order valence-corrected chi connectivity index (χ1v) is 6.73. The number of alkyl carbamates (subject to hydrolysis) is 1. The molecule has 0 saturated carbocycles. The van der Waals surface area contributed by atoms with E-state index < -0.39 is 29.5 Å². The Morgan fingerprint density at radius 2 is 2.05 bits per heavy atom. The van der Waals surface area contributed by atoms with Gasteiger partial charge >= 0.3 is 12.1 Å². The predicted molar refractivity (Wildman–Crippen MR) is 73.8 cm³/mol. The van der Waals surface area contributed by atoms with Gasteiger partial charge in [-0.1, -0.05) is 0 Å². The van der Waals surface area contributed by atoms with Gasteiger partial charge in [0.15, 0.2) is 0 Å². The van der Waals surface area contributed by atoms with E-state index >= 15 is 0 Å². The van der Waals surface area contributed by atoms with Crippen LogP contribution in [0.25, 0.3) is 0 Å². The third-order valence-corrected chi connectivity index (χ3v) is 3.25. The van der Waals surface area contributed by atoms with Crippen LogP contribution in [0.3, 0.4) is 0 Å². The summed E-state index contributed by atoms with van der Waals surface area (Å²) in [6, 6.07) is 1.83. The fourth-order valence-corrected chi connectivity index (χ4v) is 2.50. The molecule has 6 heteroatoms. The number of carbonyl (C=O) groups is 2. The summed E-state index contributed by atoms with van der Waals surface area (Å²) in [4.78, 5) is 23.1. The second kappa shape index (κ2) is 5.35. The average molecular weight is 295 g/mol. The summed E-state index contributed by atoms with van der Waals surface area (Å²) in [6.07, 6.45) is 0.208. The molecule has 0 radical (unpaired) electrons. The third-order valence-electron chi connectivity index (χ3n) is 3.25. The predicted octanol–water partition coefficient (Wildman–Crippen LogP) is 3.04. The highest BCUT2D eigenvalue weighted by atomic mass is 19.1. The molecule has 0 saturated heterocycles. The Kier molecular flexibility index (Phi) is 3.89. The van der Waals surface area contributed by atoms with Crippen molar-refractivity contribution in [1.82, 2.24) is 5.32 Å². The Hall–Kier alpha value is -2.11. The highest BCUT2D eigenvalue weighted by Gasteiger charge is 2.32. The van der Waals surface area contributed by atoms with E-state index in [0.29, 0.717) is 24.0 Å². The van der Waals surface area contributed by atoms with Gasteiger partial charge in [0.25, 0.3) is 0 Å². The summed E-state index contributed by atoms with van der Waals surface area (Å²) in [5.41, 5.74) is 0.0672. The van der Waals surface area contributed by atoms with E-state index in [4.69, 9.17) is 4.74 Å². The zero-order valence-corrected chi connectivity index (χ0v) is 12.2. The Balaban J connectivity index is 2.27.